The van der Waals surface area contributed by atoms with Crippen LogP contribution in [-0.4, -0.2) is 33.1 Å². The smallest absolute Gasteiger partial charge is 0.325 e. The first-order valence-corrected chi connectivity index (χ1v) is 9.63. The van der Waals surface area contributed by atoms with E-state index in [1.807, 2.05) is 54.6 Å². The van der Waals surface area contributed by atoms with E-state index in [0.717, 1.165) is 20.5 Å². The maximum Gasteiger partial charge on any atom is 0.325 e. The maximum atomic E-state index is 12.6. The standard InChI is InChI=1S/C20H17BrN4O3/c21-15-9-7-14(8-10-15)18-24-23-17(28-18)12-25-19(26)16(22-20(25)27)11-6-13-4-2-1-3-5-13/h1-5,7-10,16H,6,11-12H2,(H,22,27). The van der Waals surface area contributed by atoms with Gasteiger partial charge in [-0.3, -0.25) is 9.69 Å². The Balaban J connectivity index is 1.40. The summed E-state index contributed by atoms with van der Waals surface area (Å²) in [5.74, 6) is 0.282. The Morgan fingerprint density at radius 3 is 2.54 bits per heavy atom. The van der Waals surface area contributed by atoms with Crippen LogP contribution in [0.25, 0.3) is 11.5 Å². The number of nitrogens with one attached hydrogen (secondary N) is 1. The van der Waals surface area contributed by atoms with Crippen LogP contribution in [0.2, 0.25) is 0 Å². The molecular formula is C20H17BrN4O3. The third-order valence-corrected chi connectivity index (χ3v) is 5.05. The van der Waals surface area contributed by atoms with Crippen LogP contribution in [0.15, 0.2) is 63.5 Å². The molecule has 1 aromatic heterocycles. The van der Waals surface area contributed by atoms with Crippen molar-refractivity contribution in [2.75, 3.05) is 0 Å². The summed E-state index contributed by atoms with van der Waals surface area (Å²) in [4.78, 5) is 25.9. The zero-order valence-electron chi connectivity index (χ0n) is 14.8. The van der Waals surface area contributed by atoms with E-state index in [2.05, 4.69) is 31.4 Å². The van der Waals surface area contributed by atoms with E-state index in [0.29, 0.717) is 18.7 Å². The van der Waals surface area contributed by atoms with Gasteiger partial charge in [0.15, 0.2) is 0 Å². The van der Waals surface area contributed by atoms with E-state index in [-0.39, 0.29) is 18.3 Å². The Morgan fingerprint density at radius 2 is 1.79 bits per heavy atom. The van der Waals surface area contributed by atoms with Crippen LogP contribution < -0.4 is 5.32 Å². The molecule has 2 heterocycles. The summed E-state index contributed by atoms with van der Waals surface area (Å²) in [5, 5.41) is 10.7. The average molecular weight is 441 g/mol. The third kappa shape index (κ3) is 3.96. The van der Waals surface area contributed by atoms with Gasteiger partial charge in [-0.1, -0.05) is 46.3 Å². The maximum absolute atomic E-state index is 12.6. The number of hydrogen-bond acceptors (Lipinski definition) is 5. The van der Waals surface area contributed by atoms with E-state index in [4.69, 9.17) is 4.42 Å². The van der Waals surface area contributed by atoms with Crippen LogP contribution in [-0.2, 0) is 17.8 Å². The highest BCUT2D eigenvalue weighted by Crippen LogP contribution is 2.22. The van der Waals surface area contributed by atoms with Gasteiger partial charge < -0.3 is 9.73 Å². The van der Waals surface area contributed by atoms with Gasteiger partial charge in [0.2, 0.25) is 11.8 Å². The number of hydrogen-bond donors (Lipinski definition) is 1. The van der Waals surface area contributed by atoms with Crippen molar-refractivity contribution in [2.45, 2.75) is 25.4 Å². The molecule has 4 rings (SSSR count). The lowest BCUT2D eigenvalue weighted by Gasteiger charge is -2.10. The average Bonchev–Trinajstić information content (AvgIpc) is 3.28. The molecular weight excluding hydrogens is 424 g/mol. The largest absolute Gasteiger partial charge is 0.419 e. The molecule has 0 aliphatic carbocycles. The molecule has 3 aromatic rings. The summed E-state index contributed by atoms with van der Waals surface area (Å²) in [6, 6.07) is 16.3. The van der Waals surface area contributed by atoms with Gasteiger partial charge in [0, 0.05) is 10.0 Å². The summed E-state index contributed by atoms with van der Waals surface area (Å²) >= 11 is 3.37. The van der Waals surface area contributed by atoms with Gasteiger partial charge in [0.1, 0.15) is 12.6 Å². The summed E-state index contributed by atoms with van der Waals surface area (Å²) in [6.45, 7) is -0.0456. The lowest BCUT2D eigenvalue weighted by atomic mass is 10.1. The van der Waals surface area contributed by atoms with Crippen molar-refractivity contribution in [3.8, 4) is 11.5 Å². The highest BCUT2D eigenvalue weighted by Gasteiger charge is 2.38. The van der Waals surface area contributed by atoms with Crippen LogP contribution in [0.1, 0.15) is 17.9 Å². The first-order chi connectivity index (χ1) is 13.6. The molecule has 1 saturated heterocycles. The number of aryl methyl sites for hydroxylation is 1. The SMILES string of the molecule is O=C1NC(CCc2ccccc2)C(=O)N1Cc1nnc(-c2ccc(Br)cc2)o1. The van der Waals surface area contributed by atoms with Gasteiger partial charge in [0.25, 0.3) is 5.91 Å². The van der Waals surface area contributed by atoms with Crippen molar-refractivity contribution in [2.24, 2.45) is 0 Å². The fourth-order valence-electron chi connectivity index (χ4n) is 3.04. The van der Waals surface area contributed by atoms with Crippen molar-refractivity contribution in [1.29, 1.82) is 0 Å². The molecule has 1 aliphatic rings. The molecule has 1 N–H and O–H groups in total. The van der Waals surface area contributed by atoms with E-state index in [9.17, 15) is 9.59 Å². The lowest BCUT2D eigenvalue weighted by Crippen LogP contribution is -2.31. The second-order valence-corrected chi connectivity index (χ2v) is 7.37. The van der Waals surface area contributed by atoms with Gasteiger partial charge >= 0.3 is 6.03 Å². The van der Waals surface area contributed by atoms with Crippen molar-refractivity contribution in [1.82, 2.24) is 20.4 Å². The molecule has 0 saturated carbocycles. The number of urea groups is 1. The van der Waals surface area contributed by atoms with Gasteiger partial charge in [0.05, 0.1) is 0 Å². The monoisotopic (exact) mass is 440 g/mol. The molecule has 0 bridgehead atoms. The predicted molar refractivity (Wildman–Crippen MR) is 105 cm³/mol. The second kappa shape index (κ2) is 7.93. The molecule has 7 nitrogen and oxygen atoms in total. The van der Waals surface area contributed by atoms with Crippen molar-refractivity contribution < 1.29 is 14.0 Å². The number of benzene rings is 2. The first kappa shape index (κ1) is 18.4. The summed E-state index contributed by atoms with van der Waals surface area (Å²) in [6.07, 6.45) is 1.25. The third-order valence-electron chi connectivity index (χ3n) is 4.52. The van der Waals surface area contributed by atoms with E-state index < -0.39 is 12.1 Å². The molecule has 1 atom stereocenters. The lowest BCUT2D eigenvalue weighted by molar-refractivity contribution is -0.128. The summed E-state index contributed by atoms with van der Waals surface area (Å²) in [5.41, 5.74) is 1.89. The van der Waals surface area contributed by atoms with Gasteiger partial charge in [-0.15, -0.1) is 10.2 Å². The number of carbonyl (C=O) groups is 2. The fraction of sp³-hybridized carbons (Fsp3) is 0.200. The van der Waals surface area contributed by atoms with Crippen molar-refractivity contribution >= 4 is 27.9 Å². The minimum absolute atomic E-state index is 0.0456. The molecule has 0 spiro atoms. The zero-order valence-corrected chi connectivity index (χ0v) is 16.4. The molecule has 3 amide bonds. The fourth-order valence-corrected chi connectivity index (χ4v) is 3.30. The molecule has 28 heavy (non-hydrogen) atoms. The number of rotatable bonds is 6. The Hall–Kier alpha value is -3.00. The number of carbonyl (C=O) groups excluding carboxylic acids is 2. The summed E-state index contributed by atoms with van der Waals surface area (Å²) < 4.78 is 6.56. The molecule has 1 unspecified atom stereocenters. The van der Waals surface area contributed by atoms with Crippen LogP contribution in [0, 0.1) is 0 Å². The molecule has 8 heteroatoms. The van der Waals surface area contributed by atoms with Crippen LogP contribution in [0.3, 0.4) is 0 Å². The molecule has 2 aromatic carbocycles. The van der Waals surface area contributed by atoms with E-state index >= 15 is 0 Å². The number of imide groups is 1. The zero-order chi connectivity index (χ0) is 19.5. The van der Waals surface area contributed by atoms with Gasteiger partial charge in [-0.2, -0.15) is 0 Å². The number of aromatic nitrogens is 2. The van der Waals surface area contributed by atoms with E-state index in [1.165, 1.54) is 0 Å². The van der Waals surface area contributed by atoms with Crippen molar-refractivity contribution in [3.63, 3.8) is 0 Å². The van der Waals surface area contributed by atoms with Gasteiger partial charge in [-0.25, -0.2) is 4.79 Å². The molecule has 1 fully saturated rings. The van der Waals surface area contributed by atoms with Crippen LogP contribution in [0.4, 0.5) is 4.79 Å². The Kier molecular flexibility index (Phi) is 5.21. The number of nitrogens with zero attached hydrogens (tertiary/aromatic N) is 3. The van der Waals surface area contributed by atoms with Crippen molar-refractivity contribution in [3.05, 3.63) is 70.5 Å². The first-order valence-electron chi connectivity index (χ1n) is 8.84. The Morgan fingerprint density at radius 1 is 1.04 bits per heavy atom. The number of halogens is 1. The quantitative estimate of drug-likeness (QED) is 0.592. The topological polar surface area (TPSA) is 88.3 Å². The number of amides is 3. The highest BCUT2D eigenvalue weighted by atomic mass is 79.9. The van der Waals surface area contributed by atoms with E-state index in [1.54, 1.807) is 0 Å². The Labute approximate surface area is 169 Å². The summed E-state index contributed by atoms with van der Waals surface area (Å²) in [7, 11) is 0. The highest BCUT2D eigenvalue weighted by molar-refractivity contribution is 9.10. The van der Waals surface area contributed by atoms with Crippen LogP contribution >= 0.6 is 15.9 Å². The molecule has 1 aliphatic heterocycles. The molecule has 0 radical (unpaired) electrons. The normalized spacial score (nSPS) is 16.5. The predicted octanol–water partition coefficient (Wildman–Crippen LogP) is 3.55. The molecule has 142 valence electrons. The minimum Gasteiger partial charge on any atom is -0.419 e. The minimum atomic E-state index is -0.540. The van der Waals surface area contributed by atoms with Crippen LogP contribution in [0.5, 0.6) is 0 Å². The second-order valence-electron chi connectivity index (χ2n) is 6.46. The van der Waals surface area contributed by atoms with Gasteiger partial charge in [-0.05, 0) is 42.7 Å². The Bertz CT molecular complexity index is 988.